The summed E-state index contributed by atoms with van der Waals surface area (Å²) in [6, 6.07) is 14.0. The zero-order valence-electron chi connectivity index (χ0n) is 15.3. The summed E-state index contributed by atoms with van der Waals surface area (Å²) in [4.78, 5) is 12.5. The van der Waals surface area contributed by atoms with E-state index in [1.807, 2.05) is 36.5 Å². The molecule has 1 aromatic heterocycles. The van der Waals surface area contributed by atoms with Gasteiger partial charge in [-0.2, -0.15) is 5.10 Å². The first-order valence-corrected chi connectivity index (χ1v) is 10.6. The molecule has 3 aromatic rings. The Labute approximate surface area is 172 Å². The molecular weight excluding hydrogens is 444 g/mol. The van der Waals surface area contributed by atoms with E-state index < -0.39 is 10.0 Å². The average molecular weight is 463 g/mol. The first-order chi connectivity index (χ1) is 13.3. The number of aromatic nitrogens is 2. The molecule has 2 aromatic carbocycles. The van der Waals surface area contributed by atoms with Crippen molar-refractivity contribution in [3.8, 4) is 5.69 Å². The maximum atomic E-state index is 12.5. The average Bonchev–Trinajstić information content (AvgIpc) is 3.21. The van der Waals surface area contributed by atoms with Crippen LogP contribution in [0.15, 0.2) is 70.3 Å². The van der Waals surface area contributed by atoms with Gasteiger partial charge in [0.1, 0.15) is 0 Å². The molecule has 0 saturated heterocycles. The highest BCUT2D eigenvalue weighted by molar-refractivity contribution is 9.10. The molecule has 0 aliphatic heterocycles. The highest BCUT2D eigenvalue weighted by Gasteiger charge is 2.22. The zero-order valence-corrected chi connectivity index (χ0v) is 17.7. The monoisotopic (exact) mass is 462 g/mol. The van der Waals surface area contributed by atoms with Gasteiger partial charge in [-0.3, -0.25) is 4.79 Å². The Balaban J connectivity index is 1.72. The summed E-state index contributed by atoms with van der Waals surface area (Å²) >= 11 is 3.24. The summed E-state index contributed by atoms with van der Waals surface area (Å²) in [5, 5.41) is 6.98. The highest BCUT2D eigenvalue weighted by Crippen LogP contribution is 2.25. The van der Waals surface area contributed by atoms with Crippen LogP contribution < -0.4 is 5.32 Å². The lowest BCUT2D eigenvalue weighted by Crippen LogP contribution is -2.25. The molecule has 0 fully saturated rings. The minimum atomic E-state index is -3.66. The molecule has 0 aliphatic rings. The van der Waals surface area contributed by atoms with Gasteiger partial charge in [0.15, 0.2) is 0 Å². The van der Waals surface area contributed by atoms with Gasteiger partial charge in [-0.15, -0.1) is 0 Å². The van der Waals surface area contributed by atoms with Crippen LogP contribution in [0.2, 0.25) is 0 Å². The van der Waals surface area contributed by atoms with E-state index in [-0.39, 0.29) is 16.4 Å². The molecule has 7 nitrogen and oxygen atoms in total. The third-order valence-electron chi connectivity index (χ3n) is 4.11. The van der Waals surface area contributed by atoms with E-state index in [0.29, 0.717) is 11.0 Å². The fourth-order valence-electron chi connectivity index (χ4n) is 2.51. The van der Waals surface area contributed by atoms with Gasteiger partial charge in [-0.05, 0) is 57.9 Å². The second kappa shape index (κ2) is 8.26. The second-order valence-corrected chi connectivity index (χ2v) is 9.21. The van der Waals surface area contributed by atoms with E-state index in [0.717, 1.165) is 15.6 Å². The van der Waals surface area contributed by atoms with Crippen LogP contribution in [0, 0.1) is 0 Å². The molecule has 9 heteroatoms. The summed E-state index contributed by atoms with van der Waals surface area (Å²) in [6.07, 6.45) is 3.56. The third-order valence-corrected chi connectivity index (χ3v) is 6.92. The Hall–Kier alpha value is -2.49. The van der Waals surface area contributed by atoms with Gasteiger partial charge in [0.25, 0.3) is 5.91 Å². The van der Waals surface area contributed by atoms with Crippen LogP contribution >= 0.6 is 15.9 Å². The van der Waals surface area contributed by atoms with E-state index in [1.54, 1.807) is 23.0 Å². The normalized spacial score (nSPS) is 11.6. The number of sulfonamides is 1. The molecule has 0 aliphatic carbocycles. The molecule has 0 unspecified atom stereocenters. The predicted octanol–water partition coefficient (Wildman–Crippen LogP) is 2.82. The number of hydrogen-bond acceptors (Lipinski definition) is 4. The zero-order chi connectivity index (χ0) is 20.3. The SMILES string of the molecule is CN(C)S(=O)(=O)c1cc(C(=O)NCc2ccc(-n3cccn3)cc2)ccc1Br. The quantitative estimate of drug-likeness (QED) is 0.610. The molecule has 1 N–H and O–H groups in total. The van der Waals surface area contributed by atoms with Gasteiger partial charge in [-0.1, -0.05) is 12.1 Å². The summed E-state index contributed by atoms with van der Waals surface area (Å²) in [5.74, 6) is -0.348. The fraction of sp³-hybridized carbons (Fsp3) is 0.158. The number of carbonyl (C=O) groups is 1. The van der Waals surface area contributed by atoms with Gasteiger partial charge < -0.3 is 5.32 Å². The number of nitrogens with zero attached hydrogens (tertiary/aromatic N) is 3. The van der Waals surface area contributed by atoms with Crippen LogP contribution in [0.25, 0.3) is 5.69 Å². The topological polar surface area (TPSA) is 84.3 Å². The van der Waals surface area contributed by atoms with Crippen LogP contribution in [0.1, 0.15) is 15.9 Å². The van der Waals surface area contributed by atoms with Crippen molar-refractivity contribution in [2.24, 2.45) is 0 Å². The predicted molar refractivity (Wildman–Crippen MR) is 110 cm³/mol. The van der Waals surface area contributed by atoms with Crippen molar-refractivity contribution in [1.29, 1.82) is 0 Å². The lowest BCUT2D eigenvalue weighted by molar-refractivity contribution is 0.0950. The first-order valence-electron chi connectivity index (χ1n) is 8.38. The van der Waals surface area contributed by atoms with Crippen LogP contribution in [-0.2, 0) is 16.6 Å². The maximum absolute atomic E-state index is 12.5. The van der Waals surface area contributed by atoms with Gasteiger partial charge in [0.2, 0.25) is 10.0 Å². The van der Waals surface area contributed by atoms with Crippen molar-refractivity contribution in [3.63, 3.8) is 0 Å². The Kier molecular flexibility index (Phi) is 5.97. The number of hydrogen-bond donors (Lipinski definition) is 1. The van der Waals surface area contributed by atoms with Gasteiger partial charge in [-0.25, -0.2) is 17.4 Å². The summed E-state index contributed by atoms with van der Waals surface area (Å²) in [5.41, 5.74) is 2.12. The number of nitrogens with one attached hydrogen (secondary N) is 1. The van der Waals surface area contributed by atoms with Crippen LogP contribution in [0.4, 0.5) is 0 Å². The second-order valence-electron chi connectivity index (χ2n) is 6.23. The van der Waals surface area contributed by atoms with Crippen molar-refractivity contribution in [2.45, 2.75) is 11.4 Å². The van der Waals surface area contributed by atoms with Crippen molar-refractivity contribution in [3.05, 3.63) is 76.5 Å². The molecule has 0 saturated carbocycles. The Morgan fingerprint density at radius 1 is 1.18 bits per heavy atom. The number of halogens is 1. The van der Waals surface area contributed by atoms with Gasteiger partial charge >= 0.3 is 0 Å². The van der Waals surface area contributed by atoms with Gasteiger partial charge in [0, 0.05) is 43.1 Å². The Bertz CT molecular complexity index is 1080. The molecule has 3 rings (SSSR count). The number of amides is 1. The smallest absolute Gasteiger partial charge is 0.251 e. The molecule has 1 amide bonds. The van der Waals surface area contributed by atoms with Crippen molar-refractivity contribution < 1.29 is 13.2 Å². The van der Waals surface area contributed by atoms with E-state index in [1.165, 1.54) is 20.2 Å². The van der Waals surface area contributed by atoms with Crippen molar-refractivity contribution in [1.82, 2.24) is 19.4 Å². The van der Waals surface area contributed by atoms with Crippen molar-refractivity contribution >= 4 is 31.9 Å². The van der Waals surface area contributed by atoms with Crippen molar-refractivity contribution in [2.75, 3.05) is 14.1 Å². The molecule has 0 radical (unpaired) electrons. The van der Waals surface area contributed by atoms with E-state index in [2.05, 4.69) is 26.3 Å². The number of benzene rings is 2. The Morgan fingerprint density at radius 3 is 2.50 bits per heavy atom. The number of rotatable bonds is 6. The molecule has 0 bridgehead atoms. The highest BCUT2D eigenvalue weighted by atomic mass is 79.9. The third kappa shape index (κ3) is 4.32. The van der Waals surface area contributed by atoms with E-state index in [4.69, 9.17) is 0 Å². The molecular formula is C19H19BrN4O3S. The molecule has 1 heterocycles. The number of carbonyl (C=O) groups excluding carboxylic acids is 1. The van der Waals surface area contributed by atoms with Crippen LogP contribution in [0.3, 0.4) is 0 Å². The van der Waals surface area contributed by atoms with E-state index in [9.17, 15) is 13.2 Å². The summed E-state index contributed by atoms with van der Waals surface area (Å²) in [7, 11) is -0.767. The standard InChI is InChI=1S/C19H19BrN4O3S/c1-23(2)28(26,27)18-12-15(6-9-17(18)20)19(25)21-13-14-4-7-16(8-5-14)24-11-3-10-22-24/h3-12H,13H2,1-2H3,(H,21,25). The summed E-state index contributed by atoms with van der Waals surface area (Å²) < 4.78 is 28.1. The molecule has 0 spiro atoms. The minimum absolute atomic E-state index is 0.0497. The van der Waals surface area contributed by atoms with Gasteiger partial charge in [0.05, 0.1) is 10.6 Å². The maximum Gasteiger partial charge on any atom is 0.251 e. The fourth-order valence-corrected chi connectivity index (χ4v) is 4.36. The van der Waals surface area contributed by atoms with Crippen LogP contribution in [-0.4, -0.2) is 42.5 Å². The van der Waals surface area contributed by atoms with E-state index >= 15 is 0 Å². The molecule has 28 heavy (non-hydrogen) atoms. The minimum Gasteiger partial charge on any atom is -0.348 e. The summed E-state index contributed by atoms with van der Waals surface area (Å²) in [6.45, 7) is 0.323. The molecule has 146 valence electrons. The molecule has 0 atom stereocenters. The first kappa shape index (κ1) is 20.2. The largest absolute Gasteiger partial charge is 0.348 e. The van der Waals surface area contributed by atoms with Crippen LogP contribution in [0.5, 0.6) is 0 Å². The Morgan fingerprint density at radius 2 is 1.89 bits per heavy atom. The lowest BCUT2D eigenvalue weighted by atomic mass is 10.2. The lowest BCUT2D eigenvalue weighted by Gasteiger charge is -2.14.